The van der Waals surface area contributed by atoms with Crippen molar-refractivity contribution in [1.82, 2.24) is 15.0 Å². The fourth-order valence-corrected chi connectivity index (χ4v) is 1.92. The van der Waals surface area contributed by atoms with E-state index in [9.17, 15) is 4.79 Å². The molecule has 0 spiro atoms. The molecule has 6 nitrogen and oxygen atoms in total. The highest BCUT2D eigenvalue weighted by molar-refractivity contribution is 5.71. The van der Waals surface area contributed by atoms with Crippen molar-refractivity contribution in [2.24, 2.45) is 0 Å². The van der Waals surface area contributed by atoms with Gasteiger partial charge in [-0.15, -0.1) is 0 Å². The number of hydrogen-bond acceptors (Lipinski definition) is 5. The summed E-state index contributed by atoms with van der Waals surface area (Å²) in [5, 5.41) is 11.8. The third-order valence-corrected chi connectivity index (χ3v) is 2.96. The molecule has 2 aromatic rings. The van der Waals surface area contributed by atoms with Gasteiger partial charge in [0, 0.05) is 25.4 Å². The van der Waals surface area contributed by atoms with E-state index in [1.165, 1.54) is 0 Å². The Morgan fingerprint density at radius 1 is 1.10 bits per heavy atom. The number of aliphatic carboxylic acids is 1. The van der Waals surface area contributed by atoms with Crippen LogP contribution in [0.5, 0.6) is 0 Å². The quantitative estimate of drug-likeness (QED) is 0.719. The molecule has 0 amide bonds. The highest BCUT2D eigenvalue weighted by Gasteiger charge is 1.99. The molecule has 0 bridgehead atoms. The Morgan fingerprint density at radius 2 is 1.90 bits per heavy atom. The Balaban J connectivity index is 1.69. The molecule has 0 unspecified atom stereocenters. The van der Waals surface area contributed by atoms with Crippen LogP contribution in [0.15, 0.2) is 24.5 Å². The number of aromatic nitrogens is 3. The summed E-state index contributed by atoms with van der Waals surface area (Å²) in [4.78, 5) is 23.0. The highest BCUT2D eigenvalue weighted by atomic mass is 16.4. The number of fused-ring (bicyclic) bond motifs is 1. The monoisotopic (exact) mass is 274 g/mol. The van der Waals surface area contributed by atoms with E-state index in [-0.39, 0.29) is 6.42 Å². The lowest BCUT2D eigenvalue weighted by atomic mass is 10.1. The lowest BCUT2D eigenvalue weighted by molar-refractivity contribution is -0.137. The topological polar surface area (TPSA) is 88.0 Å². The molecule has 6 heteroatoms. The Bertz CT molecular complexity index is 574. The van der Waals surface area contributed by atoms with Crippen molar-refractivity contribution in [3.8, 4) is 0 Å². The number of nitrogens with one attached hydrogen (secondary N) is 1. The minimum atomic E-state index is -0.718. The first-order chi connectivity index (χ1) is 9.75. The molecule has 0 saturated carbocycles. The van der Waals surface area contributed by atoms with E-state index in [4.69, 9.17) is 5.11 Å². The molecule has 0 aliphatic heterocycles. The van der Waals surface area contributed by atoms with Crippen molar-refractivity contribution >= 4 is 23.0 Å². The molecular weight excluding hydrogens is 256 g/mol. The van der Waals surface area contributed by atoms with Gasteiger partial charge in [-0.05, 0) is 25.0 Å². The second-order valence-electron chi connectivity index (χ2n) is 4.58. The van der Waals surface area contributed by atoms with E-state index < -0.39 is 5.97 Å². The molecule has 0 saturated heterocycles. The van der Waals surface area contributed by atoms with E-state index >= 15 is 0 Å². The molecule has 0 fully saturated rings. The Morgan fingerprint density at radius 3 is 2.75 bits per heavy atom. The minimum Gasteiger partial charge on any atom is -0.481 e. The molecule has 20 heavy (non-hydrogen) atoms. The van der Waals surface area contributed by atoms with Crippen LogP contribution in [0.2, 0.25) is 0 Å². The Hall–Kier alpha value is -2.24. The van der Waals surface area contributed by atoms with Crippen molar-refractivity contribution in [2.45, 2.75) is 32.1 Å². The van der Waals surface area contributed by atoms with Crippen LogP contribution < -0.4 is 5.32 Å². The first-order valence-electron chi connectivity index (χ1n) is 6.79. The summed E-state index contributed by atoms with van der Waals surface area (Å²) in [6.07, 6.45) is 7.26. The van der Waals surface area contributed by atoms with Gasteiger partial charge in [-0.1, -0.05) is 12.8 Å². The Kier molecular flexibility index (Phi) is 5.23. The number of carbonyl (C=O) groups is 1. The summed E-state index contributed by atoms with van der Waals surface area (Å²) in [5.41, 5.74) is 1.42. The lowest BCUT2D eigenvalue weighted by Gasteiger charge is -2.05. The van der Waals surface area contributed by atoms with E-state index in [2.05, 4.69) is 20.3 Å². The van der Waals surface area contributed by atoms with Crippen LogP contribution in [0.3, 0.4) is 0 Å². The number of hydrogen-bond donors (Lipinski definition) is 2. The SMILES string of the molecule is O=C(O)CCCCCCNc1ccc2nccnc2n1. The molecule has 0 radical (unpaired) electrons. The van der Waals surface area contributed by atoms with Gasteiger partial charge in [-0.25, -0.2) is 9.97 Å². The van der Waals surface area contributed by atoms with Crippen LogP contribution in [-0.2, 0) is 4.79 Å². The molecule has 106 valence electrons. The van der Waals surface area contributed by atoms with E-state index in [1.807, 2.05) is 12.1 Å². The van der Waals surface area contributed by atoms with Crippen LogP contribution in [0.4, 0.5) is 5.82 Å². The van der Waals surface area contributed by atoms with Crippen molar-refractivity contribution < 1.29 is 9.90 Å². The molecule has 0 atom stereocenters. The first-order valence-corrected chi connectivity index (χ1v) is 6.79. The van der Waals surface area contributed by atoms with Gasteiger partial charge >= 0.3 is 5.97 Å². The number of pyridine rings is 1. The number of unbranched alkanes of at least 4 members (excludes halogenated alkanes) is 3. The Labute approximate surface area is 117 Å². The first kappa shape index (κ1) is 14.2. The summed E-state index contributed by atoms with van der Waals surface area (Å²) in [6, 6.07) is 3.78. The van der Waals surface area contributed by atoms with Gasteiger partial charge in [0.15, 0.2) is 5.65 Å². The van der Waals surface area contributed by atoms with Crippen LogP contribution in [0, 0.1) is 0 Å². The molecule has 2 rings (SSSR count). The summed E-state index contributed by atoms with van der Waals surface area (Å²) >= 11 is 0. The predicted octanol–water partition coefficient (Wildman–Crippen LogP) is 2.47. The fourth-order valence-electron chi connectivity index (χ4n) is 1.92. The van der Waals surface area contributed by atoms with Gasteiger partial charge in [0.2, 0.25) is 0 Å². The van der Waals surface area contributed by atoms with Crippen LogP contribution in [-0.4, -0.2) is 32.6 Å². The van der Waals surface area contributed by atoms with Crippen molar-refractivity contribution in [3.63, 3.8) is 0 Å². The van der Waals surface area contributed by atoms with Crippen LogP contribution in [0.1, 0.15) is 32.1 Å². The van der Waals surface area contributed by atoms with E-state index in [0.29, 0.717) is 5.65 Å². The average molecular weight is 274 g/mol. The number of rotatable bonds is 8. The van der Waals surface area contributed by atoms with Gasteiger partial charge in [-0.3, -0.25) is 9.78 Å². The molecule has 0 aliphatic rings. The third kappa shape index (κ3) is 4.46. The van der Waals surface area contributed by atoms with Crippen molar-refractivity contribution in [1.29, 1.82) is 0 Å². The van der Waals surface area contributed by atoms with Gasteiger partial charge in [0.05, 0.1) is 0 Å². The van der Waals surface area contributed by atoms with Crippen LogP contribution >= 0.6 is 0 Å². The fraction of sp³-hybridized carbons (Fsp3) is 0.429. The molecule has 2 aromatic heterocycles. The van der Waals surface area contributed by atoms with E-state index in [0.717, 1.165) is 43.6 Å². The summed E-state index contributed by atoms with van der Waals surface area (Å²) in [7, 11) is 0. The third-order valence-electron chi connectivity index (χ3n) is 2.96. The maximum atomic E-state index is 10.3. The zero-order valence-electron chi connectivity index (χ0n) is 11.2. The zero-order valence-corrected chi connectivity index (χ0v) is 11.2. The number of carboxylic acids is 1. The van der Waals surface area contributed by atoms with Crippen molar-refractivity contribution in [2.75, 3.05) is 11.9 Å². The normalized spacial score (nSPS) is 10.6. The second kappa shape index (κ2) is 7.37. The van der Waals surface area contributed by atoms with Gasteiger partial charge in [0.1, 0.15) is 11.3 Å². The van der Waals surface area contributed by atoms with Crippen molar-refractivity contribution in [3.05, 3.63) is 24.5 Å². The molecular formula is C14H18N4O2. The maximum absolute atomic E-state index is 10.3. The molecule has 0 aliphatic carbocycles. The lowest BCUT2D eigenvalue weighted by Crippen LogP contribution is -2.04. The summed E-state index contributed by atoms with van der Waals surface area (Å²) in [6.45, 7) is 0.825. The highest BCUT2D eigenvalue weighted by Crippen LogP contribution is 2.10. The minimum absolute atomic E-state index is 0.262. The maximum Gasteiger partial charge on any atom is 0.303 e. The predicted molar refractivity (Wildman–Crippen MR) is 76.5 cm³/mol. The number of anilines is 1. The summed E-state index contributed by atoms with van der Waals surface area (Å²) in [5.74, 6) is 0.0770. The molecule has 2 heterocycles. The number of carboxylic acid groups (broad SMARTS) is 1. The zero-order chi connectivity index (χ0) is 14.2. The summed E-state index contributed by atoms with van der Waals surface area (Å²) < 4.78 is 0. The van der Waals surface area contributed by atoms with E-state index in [1.54, 1.807) is 12.4 Å². The van der Waals surface area contributed by atoms with Gasteiger partial charge in [-0.2, -0.15) is 0 Å². The van der Waals surface area contributed by atoms with Crippen LogP contribution in [0.25, 0.3) is 11.2 Å². The number of nitrogens with zero attached hydrogens (tertiary/aromatic N) is 3. The van der Waals surface area contributed by atoms with Gasteiger partial charge in [0.25, 0.3) is 0 Å². The largest absolute Gasteiger partial charge is 0.481 e. The molecule has 0 aromatic carbocycles. The average Bonchev–Trinajstić information content (AvgIpc) is 2.46. The van der Waals surface area contributed by atoms with Gasteiger partial charge < -0.3 is 10.4 Å². The standard InChI is InChI=1S/C14H18N4O2/c19-13(20)5-3-1-2-4-8-16-12-7-6-11-14(18-12)17-10-9-15-11/h6-7,9-10H,1-5,8H2,(H,19,20)(H,16,17,18). The molecule has 2 N–H and O–H groups in total. The smallest absolute Gasteiger partial charge is 0.303 e. The second-order valence-corrected chi connectivity index (χ2v) is 4.58.